The molecule has 2 rings (SSSR count). The Hall–Kier alpha value is -1.09. The van der Waals surface area contributed by atoms with Crippen LogP contribution in [-0.4, -0.2) is 12.4 Å². The van der Waals surface area contributed by atoms with Crippen molar-refractivity contribution in [3.63, 3.8) is 0 Å². The molecule has 1 heterocycles. The van der Waals surface area contributed by atoms with Crippen molar-refractivity contribution in [1.82, 2.24) is 0 Å². The van der Waals surface area contributed by atoms with Gasteiger partial charge >= 0.3 is 0 Å². The summed E-state index contributed by atoms with van der Waals surface area (Å²) in [4.78, 5) is 0. The van der Waals surface area contributed by atoms with Gasteiger partial charge in [-0.25, -0.2) is 0 Å². The quantitative estimate of drug-likeness (QED) is 0.778. The summed E-state index contributed by atoms with van der Waals surface area (Å²) < 4.78 is 16.6. The van der Waals surface area contributed by atoms with Gasteiger partial charge in [0.25, 0.3) is 0 Å². The molecule has 0 aliphatic carbocycles. The zero-order valence-corrected chi connectivity index (χ0v) is 9.72. The highest BCUT2D eigenvalue weighted by Crippen LogP contribution is 2.47. The summed E-state index contributed by atoms with van der Waals surface area (Å²) in [5, 5.41) is 0.582. The maximum atomic E-state index is 5.94. The standard InChI is InChI=1S/C11H13ClO3/c1-4-13-8-5-7(12)6-9-10(8)15-11(2,3)14-9/h5-6H,4H2,1-3H3. The number of hydrogen-bond acceptors (Lipinski definition) is 3. The van der Waals surface area contributed by atoms with Crippen LogP contribution in [0.25, 0.3) is 0 Å². The van der Waals surface area contributed by atoms with E-state index in [9.17, 15) is 0 Å². The lowest BCUT2D eigenvalue weighted by molar-refractivity contribution is -0.0440. The van der Waals surface area contributed by atoms with E-state index >= 15 is 0 Å². The van der Waals surface area contributed by atoms with E-state index in [1.165, 1.54) is 0 Å². The predicted octanol–water partition coefficient (Wildman–Crippen LogP) is 3.25. The first kappa shape index (κ1) is 10.4. The minimum atomic E-state index is -0.654. The summed E-state index contributed by atoms with van der Waals surface area (Å²) in [7, 11) is 0. The van der Waals surface area contributed by atoms with Crippen molar-refractivity contribution in [1.29, 1.82) is 0 Å². The van der Waals surface area contributed by atoms with Crippen LogP contribution in [0.15, 0.2) is 12.1 Å². The van der Waals surface area contributed by atoms with Crippen LogP contribution >= 0.6 is 11.6 Å². The molecule has 0 bridgehead atoms. The Morgan fingerprint density at radius 2 is 2.07 bits per heavy atom. The van der Waals surface area contributed by atoms with Gasteiger partial charge in [-0.05, 0) is 6.92 Å². The van der Waals surface area contributed by atoms with Gasteiger partial charge in [0.1, 0.15) is 0 Å². The van der Waals surface area contributed by atoms with E-state index in [0.29, 0.717) is 28.9 Å². The lowest BCUT2D eigenvalue weighted by atomic mass is 10.3. The summed E-state index contributed by atoms with van der Waals surface area (Å²) in [6.07, 6.45) is 0. The number of benzene rings is 1. The van der Waals surface area contributed by atoms with Crippen molar-refractivity contribution in [2.24, 2.45) is 0 Å². The molecule has 1 aromatic rings. The molecule has 3 nitrogen and oxygen atoms in total. The van der Waals surface area contributed by atoms with Gasteiger partial charge in [-0.15, -0.1) is 0 Å². The van der Waals surface area contributed by atoms with Gasteiger partial charge in [0.2, 0.25) is 11.5 Å². The molecule has 0 aromatic heterocycles. The number of rotatable bonds is 2. The Bertz CT molecular complexity index is 388. The van der Waals surface area contributed by atoms with Crippen LogP contribution in [0.1, 0.15) is 20.8 Å². The second-order valence-electron chi connectivity index (χ2n) is 3.77. The average molecular weight is 229 g/mol. The first-order valence-electron chi connectivity index (χ1n) is 4.86. The fourth-order valence-corrected chi connectivity index (χ4v) is 1.71. The fourth-order valence-electron chi connectivity index (χ4n) is 1.52. The van der Waals surface area contributed by atoms with Crippen molar-refractivity contribution in [3.05, 3.63) is 17.2 Å². The minimum absolute atomic E-state index is 0.566. The molecule has 0 N–H and O–H groups in total. The zero-order valence-electron chi connectivity index (χ0n) is 8.96. The van der Waals surface area contributed by atoms with Crippen molar-refractivity contribution >= 4 is 11.6 Å². The first-order chi connectivity index (χ1) is 7.02. The second kappa shape index (κ2) is 3.49. The van der Waals surface area contributed by atoms with E-state index in [1.807, 2.05) is 20.8 Å². The van der Waals surface area contributed by atoms with Gasteiger partial charge in [0.05, 0.1) is 6.61 Å². The third kappa shape index (κ3) is 1.97. The third-order valence-corrected chi connectivity index (χ3v) is 2.21. The molecule has 0 radical (unpaired) electrons. The molecular formula is C11H13ClO3. The monoisotopic (exact) mass is 228 g/mol. The SMILES string of the molecule is CCOc1cc(Cl)cc2c1OC(C)(C)O2. The zero-order chi connectivity index (χ0) is 11.1. The highest BCUT2D eigenvalue weighted by Gasteiger charge is 2.34. The second-order valence-corrected chi connectivity index (χ2v) is 4.20. The largest absolute Gasteiger partial charge is 0.490 e. The summed E-state index contributed by atoms with van der Waals surface area (Å²) in [6, 6.07) is 3.46. The van der Waals surface area contributed by atoms with Gasteiger partial charge in [0.15, 0.2) is 11.5 Å². The third-order valence-electron chi connectivity index (χ3n) is 1.99. The summed E-state index contributed by atoms with van der Waals surface area (Å²) >= 11 is 5.94. The average Bonchev–Trinajstić information content (AvgIpc) is 2.40. The van der Waals surface area contributed by atoms with Crippen LogP contribution in [0.2, 0.25) is 5.02 Å². The molecule has 82 valence electrons. The minimum Gasteiger partial charge on any atom is -0.490 e. The summed E-state index contributed by atoms with van der Waals surface area (Å²) in [6.45, 7) is 6.16. The van der Waals surface area contributed by atoms with Crippen molar-refractivity contribution in [2.75, 3.05) is 6.61 Å². The highest BCUT2D eigenvalue weighted by atomic mass is 35.5. The summed E-state index contributed by atoms with van der Waals surface area (Å²) in [5.41, 5.74) is 0. The van der Waals surface area contributed by atoms with E-state index in [-0.39, 0.29) is 0 Å². The molecule has 1 aliphatic heterocycles. The van der Waals surface area contributed by atoms with E-state index in [4.69, 9.17) is 25.8 Å². The Kier molecular flexibility index (Phi) is 2.43. The molecule has 0 spiro atoms. The van der Waals surface area contributed by atoms with E-state index in [1.54, 1.807) is 12.1 Å². The topological polar surface area (TPSA) is 27.7 Å². The highest BCUT2D eigenvalue weighted by molar-refractivity contribution is 6.31. The Morgan fingerprint density at radius 3 is 2.73 bits per heavy atom. The molecule has 1 aliphatic rings. The molecule has 0 atom stereocenters. The smallest absolute Gasteiger partial charge is 0.246 e. The van der Waals surface area contributed by atoms with E-state index in [2.05, 4.69) is 0 Å². The summed E-state index contributed by atoms with van der Waals surface area (Å²) in [5.74, 6) is 1.24. The molecule has 0 saturated carbocycles. The normalized spacial score (nSPS) is 16.5. The maximum Gasteiger partial charge on any atom is 0.246 e. The van der Waals surface area contributed by atoms with E-state index < -0.39 is 5.79 Å². The van der Waals surface area contributed by atoms with Crippen molar-refractivity contribution in [2.45, 2.75) is 26.6 Å². The fraction of sp³-hybridized carbons (Fsp3) is 0.455. The van der Waals surface area contributed by atoms with Crippen molar-refractivity contribution in [3.8, 4) is 17.2 Å². The van der Waals surface area contributed by atoms with Crippen LogP contribution in [0.5, 0.6) is 17.2 Å². The number of ether oxygens (including phenoxy) is 3. The molecule has 0 unspecified atom stereocenters. The van der Waals surface area contributed by atoms with Crippen LogP contribution in [0, 0.1) is 0 Å². The molecule has 1 aromatic carbocycles. The van der Waals surface area contributed by atoms with Gasteiger partial charge in [0, 0.05) is 31.0 Å². The van der Waals surface area contributed by atoms with Crippen LogP contribution in [0.4, 0.5) is 0 Å². The molecule has 4 heteroatoms. The van der Waals surface area contributed by atoms with E-state index in [0.717, 1.165) is 0 Å². The molecule has 15 heavy (non-hydrogen) atoms. The Morgan fingerprint density at radius 1 is 1.33 bits per heavy atom. The number of halogens is 1. The van der Waals surface area contributed by atoms with Crippen molar-refractivity contribution < 1.29 is 14.2 Å². The number of hydrogen-bond donors (Lipinski definition) is 0. The lowest BCUT2D eigenvalue weighted by Gasteiger charge is -2.16. The molecule has 0 saturated heterocycles. The molecule has 0 fully saturated rings. The Labute approximate surface area is 93.9 Å². The van der Waals surface area contributed by atoms with Crippen LogP contribution in [0.3, 0.4) is 0 Å². The lowest BCUT2D eigenvalue weighted by Crippen LogP contribution is -2.29. The predicted molar refractivity (Wildman–Crippen MR) is 58.0 cm³/mol. The van der Waals surface area contributed by atoms with Gasteiger partial charge in [-0.1, -0.05) is 11.6 Å². The van der Waals surface area contributed by atoms with Crippen LogP contribution in [-0.2, 0) is 0 Å². The molecule has 0 amide bonds. The first-order valence-corrected chi connectivity index (χ1v) is 5.24. The van der Waals surface area contributed by atoms with Gasteiger partial charge in [-0.3, -0.25) is 0 Å². The molecular weight excluding hydrogens is 216 g/mol. The van der Waals surface area contributed by atoms with Gasteiger partial charge in [-0.2, -0.15) is 0 Å². The Balaban J connectivity index is 2.43. The van der Waals surface area contributed by atoms with Gasteiger partial charge < -0.3 is 14.2 Å². The van der Waals surface area contributed by atoms with Crippen LogP contribution < -0.4 is 14.2 Å². The maximum absolute atomic E-state index is 5.94. The number of fused-ring (bicyclic) bond motifs is 1.